The molecule has 4 rings (SSSR count). The van der Waals surface area contributed by atoms with E-state index in [9.17, 15) is 13.2 Å². The molecule has 0 N–H and O–H groups in total. The molecule has 1 aliphatic heterocycles. The summed E-state index contributed by atoms with van der Waals surface area (Å²) in [6, 6.07) is 6.29. The normalized spacial score (nSPS) is 15.9. The number of piperazine rings is 1. The molecular weight excluding hydrogens is 408 g/mol. The Morgan fingerprint density at radius 2 is 1.72 bits per heavy atom. The first-order valence-corrected chi connectivity index (χ1v) is 11.8. The van der Waals surface area contributed by atoms with Crippen LogP contribution in [0, 0.1) is 27.7 Å². The number of hydrogen-bond donors (Lipinski definition) is 0. The number of nitrogens with zero attached hydrogens (tertiary/aromatic N) is 4. The highest BCUT2D eigenvalue weighted by molar-refractivity contribution is 7.89. The molecule has 1 fully saturated rings. The Labute approximate surface area is 174 Å². The van der Waals surface area contributed by atoms with E-state index in [4.69, 9.17) is 0 Å². The molecular formula is C20H24N4O3S2. The summed E-state index contributed by atoms with van der Waals surface area (Å²) in [5, 5.41) is 0. The van der Waals surface area contributed by atoms with E-state index in [-0.39, 0.29) is 10.6 Å². The number of hydrogen-bond acceptors (Lipinski definition) is 6. The second kappa shape index (κ2) is 7.23. The van der Waals surface area contributed by atoms with Crippen molar-refractivity contribution in [2.24, 2.45) is 0 Å². The maximum Gasteiger partial charge on any atom is 0.279 e. The lowest BCUT2D eigenvalue weighted by atomic mass is 10.1. The average molecular weight is 433 g/mol. The number of anilines is 1. The summed E-state index contributed by atoms with van der Waals surface area (Å²) in [5.74, 6) is 0. The number of rotatable bonds is 3. The molecule has 2 aromatic heterocycles. The van der Waals surface area contributed by atoms with Gasteiger partial charge in [-0.05, 0) is 44.9 Å². The van der Waals surface area contributed by atoms with Gasteiger partial charge in [-0.2, -0.15) is 4.31 Å². The van der Waals surface area contributed by atoms with Gasteiger partial charge in [0, 0.05) is 42.9 Å². The predicted molar refractivity (Wildman–Crippen MR) is 116 cm³/mol. The van der Waals surface area contributed by atoms with E-state index in [2.05, 4.69) is 41.9 Å². The summed E-state index contributed by atoms with van der Waals surface area (Å²) >= 11 is 1.37. The number of aromatic nitrogens is 2. The van der Waals surface area contributed by atoms with Gasteiger partial charge >= 0.3 is 0 Å². The molecule has 0 unspecified atom stereocenters. The number of sulfonamides is 1. The third-order valence-electron chi connectivity index (χ3n) is 5.32. The molecule has 0 aliphatic carbocycles. The summed E-state index contributed by atoms with van der Waals surface area (Å²) in [5.41, 5.74) is 3.22. The van der Waals surface area contributed by atoms with Gasteiger partial charge < -0.3 is 4.90 Å². The SMILES string of the molecule is Cc1ccc(C)c(N2CCN(S(=O)(=O)c3c(C)nc4sc(C)cn4c3=O)CC2)c1. The molecule has 7 nitrogen and oxygen atoms in total. The highest BCUT2D eigenvalue weighted by Gasteiger charge is 2.33. The minimum atomic E-state index is -3.91. The molecule has 0 amide bonds. The molecule has 1 aliphatic rings. The smallest absolute Gasteiger partial charge is 0.279 e. The van der Waals surface area contributed by atoms with Crippen molar-refractivity contribution in [2.75, 3.05) is 31.1 Å². The quantitative estimate of drug-likeness (QED) is 0.636. The third-order valence-corrected chi connectivity index (χ3v) is 8.24. The first-order valence-electron chi connectivity index (χ1n) is 9.50. The van der Waals surface area contributed by atoms with Crippen LogP contribution >= 0.6 is 11.3 Å². The van der Waals surface area contributed by atoms with Gasteiger partial charge in [0.15, 0.2) is 9.86 Å². The molecule has 154 valence electrons. The molecule has 3 heterocycles. The zero-order valence-corrected chi connectivity index (χ0v) is 18.6. The van der Waals surface area contributed by atoms with Crippen LogP contribution in [0.4, 0.5) is 5.69 Å². The largest absolute Gasteiger partial charge is 0.369 e. The highest BCUT2D eigenvalue weighted by Crippen LogP contribution is 2.25. The first-order chi connectivity index (χ1) is 13.7. The Morgan fingerprint density at radius 3 is 2.41 bits per heavy atom. The molecule has 29 heavy (non-hydrogen) atoms. The van der Waals surface area contributed by atoms with E-state index in [1.807, 2.05) is 6.92 Å². The topological polar surface area (TPSA) is 75.0 Å². The maximum absolute atomic E-state index is 13.3. The summed E-state index contributed by atoms with van der Waals surface area (Å²) in [6.07, 6.45) is 1.65. The van der Waals surface area contributed by atoms with Crippen molar-refractivity contribution in [3.8, 4) is 0 Å². The van der Waals surface area contributed by atoms with E-state index in [1.54, 1.807) is 13.1 Å². The van der Waals surface area contributed by atoms with Crippen molar-refractivity contribution < 1.29 is 8.42 Å². The summed E-state index contributed by atoms with van der Waals surface area (Å²) in [6.45, 7) is 9.40. The van der Waals surface area contributed by atoms with Crippen molar-refractivity contribution >= 4 is 32.0 Å². The number of aryl methyl sites for hydroxylation is 4. The van der Waals surface area contributed by atoms with Crippen LogP contribution in [0.15, 0.2) is 34.1 Å². The minimum absolute atomic E-state index is 0.215. The molecule has 9 heteroatoms. The van der Waals surface area contributed by atoms with Gasteiger partial charge in [0.05, 0.1) is 5.69 Å². The van der Waals surface area contributed by atoms with Gasteiger partial charge in [0.2, 0.25) is 0 Å². The van der Waals surface area contributed by atoms with Gasteiger partial charge in [0.25, 0.3) is 15.6 Å². The first kappa shape index (κ1) is 20.1. The minimum Gasteiger partial charge on any atom is -0.369 e. The highest BCUT2D eigenvalue weighted by atomic mass is 32.2. The number of fused-ring (bicyclic) bond motifs is 1. The molecule has 0 saturated carbocycles. The fourth-order valence-corrected chi connectivity index (χ4v) is 6.30. The van der Waals surface area contributed by atoms with Gasteiger partial charge in [-0.25, -0.2) is 13.4 Å². The summed E-state index contributed by atoms with van der Waals surface area (Å²) < 4.78 is 29.4. The lowest BCUT2D eigenvalue weighted by Gasteiger charge is -2.36. The average Bonchev–Trinajstić information content (AvgIpc) is 3.04. The molecule has 0 radical (unpaired) electrons. The number of benzene rings is 1. The lowest BCUT2D eigenvalue weighted by molar-refractivity contribution is 0.383. The zero-order valence-electron chi connectivity index (χ0n) is 17.0. The van der Waals surface area contributed by atoms with Crippen LogP contribution in [-0.2, 0) is 10.0 Å². The van der Waals surface area contributed by atoms with Crippen LogP contribution in [0.1, 0.15) is 21.7 Å². The van der Waals surface area contributed by atoms with Crippen LogP contribution in [0.3, 0.4) is 0 Å². The van der Waals surface area contributed by atoms with Crippen molar-refractivity contribution in [3.05, 3.63) is 56.4 Å². The monoisotopic (exact) mass is 432 g/mol. The summed E-state index contributed by atoms with van der Waals surface area (Å²) in [7, 11) is -3.91. The molecule has 0 spiro atoms. The van der Waals surface area contributed by atoms with Crippen molar-refractivity contribution in [3.63, 3.8) is 0 Å². The number of thiazole rings is 1. The maximum atomic E-state index is 13.3. The Balaban J connectivity index is 1.64. The molecule has 1 aromatic carbocycles. The van der Waals surface area contributed by atoms with Crippen molar-refractivity contribution in [1.29, 1.82) is 0 Å². The second-order valence-electron chi connectivity index (χ2n) is 7.51. The van der Waals surface area contributed by atoms with Crippen LogP contribution in [0.25, 0.3) is 4.96 Å². The molecule has 3 aromatic rings. The van der Waals surface area contributed by atoms with E-state index in [0.717, 1.165) is 10.6 Å². The van der Waals surface area contributed by atoms with E-state index < -0.39 is 15.6 Å². The standard InChI is InChI=1S/C20H24N4O3S2/c1-13-5-6-14(2)17(11-13)22-7-9-23(10-8-22)29(26,27)18-16(4)21-20-24(19(18)25)12-15(3)28-20/h5-6,11-12H,7-10H2,1-4H3. The van der Waals surface area contributed by atoms with Crippen LogP contribution in [0.2, 0.25) is 0 Å². The van der Waals surface area contributed by atoms with E-state index in [1.165, 1.54) is 31.2 Å². The van der Waals surface area contributed by atoms with Crippen LogP contribution < -0.4 is 10.5 Å². The van der Waals surface area contributed by atoms with Crippen molar-refractivity contribution in [1.82, 2.24) is 13.7 Å². The fourth-order valence-electron chi connectivity index (χ4n) is 3.79. The Hall–Kier alpha value is -2.23. The van der Waals surface area contributed by atoms with E-state index >= 15 is 0 Å². The summed E-state index contributed by atoms with van der Waals surface area (Å²) in [4.78, 5) is 20.7. The van der Waals surface area contributed by atoms with Gasteiger partial charge in [-0.3, -0.25) is 9.20 Å². The van der Waals surface area contributed by atoms with E-state index in [0.29, 0.717) is 31.1 Å². The molecule has 0 bridgehead atoms. The molecule has 0 atom stereocenters. The third kappa shape index (κ3) is 3.47. The lowest BCUT2D eigenvalue weighted by Crippen LogP contribution is -2.50. The zero-order chi connectivity index (χ0) is 20.9. The fraction of sp³-hybridized carbons (Fsp3) is 0.400. The molecule has 1 saturated heterocycles. The van der Waals surface area contributed by atoms with Crippen LogP contribution in [0.5, 0.6) is 0 Å². The van der Waals surface area contributed by atoms with Crippen molar-refractivity contribution in [2.45, 2.75) is 32.6 Å². The Kier molecular flexibility index (Phi) is 5.00. The van der Waals surface area contributed by atoms with Gasteiger partial charge in [0.1, 0.15) is 0 Å². The Morgan fingerprint density at radius 1 is 1.03 bits per heavy atom. The van der Waals surface area contributed by atoms with Gasteiger partial charge in [-0.15, -0.1) is 11.3 Å². The van der Waals surface area contributed by atoms with Gasteiger partial charge in [-0.1, -0.05) is 12.1 Å². The second-order valence-corrected chi connectivity index (χ2v) is 10.6. The Bertz CT molecular complexity index is 1250. The predicted octanol–water partition coefficient (Wildman–Crippen LogP) is 2.50. The van der Waals surface area contributed by atoms with Crippen LogP contribution in [-0.4, -0.2) is 48.3 Å².